The Morgan fingerprint density at radius 1 is 1.33 bits per heavy atom. The van der Waals surface area contributed by atoms with Crippen LogP contribution in [0.15, 0.2) is 46.9 Å². The van der Waals surface area contributed by atoms with Crippen molar-refractivity contribution in [3.05, 3.63) is 58.1 Å². The van der Waals surface area contributed by atoms with E-state index in [1.807, 2.05) is 31.2 Å². The largest absolute Gasteiger partial charge is 0.467 e. The van der Waals surface area contributed by atoms with Gasteiger partial charge in [-0.1, -0.05) is 35.8 Å². The molecule has 2 aromatic carbocycles. The van der Waals surface area contributed by atoms with Crippen LogP contribution in [-0.2, 0) is 0 Å². The van der Waals surface area contributed by atoms with Crippen LogP contribution in [0.4, 0.5) is 10.5 Å². The minimum absolute atomic E-state index is 0.123. The number of urea groups is 1. The number of ether oxygens (including phenoxy) is 1. The number of nitrogens with one attached hydrogen (secondary N) is 2. The summed E-state index contributed by atoms with van der Waals surface area (Å²) in [6.45, 7) is 6.78. The van der Waals surface area contributed by atoms with E-state index >= 15 is 0 Å². The van der Waals surface area contributed by atoms with Gasteiger partial charge in [-0.15, -0.1) is 0 Å². The normalized spacial score (nSPS) is 22.2. The van der Waals surface area contributed by atoms with E-state index in [1.54, 1.807) is 23.1 Å². The number of amides is 3. The molecule has 2 aliphatic rings. The fourth-order valence-electron chi connectivity index (χ4n) is 4.10. The van der Waals surface area contributed by atoms with Crippen LogP contribution in [0.25, 0.3) is 0 Å². The second-order valence-corrected chi connectivity index (χ2v) is 9.41. The Bertz CT molecular complexity index is 993. The van der Waals surface area contributed by atoms with Crippen molar-refractivity contribution in [2.45, 2.75) is 45.4 Å². The van der Waals surface area contributed by atoms with E-state index in [4.69, 9.17) is 4.74 Å². The number of nitrogens with zero attached hydrogens (tertiary/aromatic N) is 1. The van der Waals surface area contributed by atoms with E-state index in [2.05, 4.69) is 40.4 Å². The van der Waals surface area contributed by atoms with Gasteiger partial charge in [0.15, 0.2) is 5.72 Å². The minimum atomic E-state index is -0.847. The Morgan fingerprint density at radius 2 is 2.13 bits per heavy atom. The van der Waals surface area contributed by atoms with Crippen LogP contribution in [-0.4, -0.2) is 24.2 Å². The number of benzene rings is 2. The number of hydrogen-bond donors (Lipinski definition) is 2. The summed E-state index contributed by atoms with van der Waals surface area (Å²) in [6, 6.07) is 12.6. The Morgan fingerprint density at radius 3 is 2.90 bits per heavy atom. The SMILES string of the molecule is CC(C)CCNC(=O)c1cccc(N2C(=O)NC3CC2(C)Oc2ccc(Br)cc23)c1. The smallest absolute Gasteiger partial charge is 0.325 e. The average molecular weight is 472 g/mol. The van der Waals surface area contributed by atoms with Crippen molar-refractivity contribution in [1.82, 2.24) is 10.6 Å². The highest BCUT2D eigenvalue weighted by Gasteiger charge is 2.49. The molecule has 0 saturated carbocycles. The zero-order chi connectivity index (χ0) is 21.5. The molecule has 7 heteroatoms. The van der Waals surface area contributed by atoms with Crippen molar-refractivity contribution in [2.75, 3.05) is 11.4 Å². The molecule has 4 rings (SSSR count). The van der Waals surface area contributed by atoms with E-state index < -0.39 is 5.72 Å². The first-order valence-corrected chi connectivity index (χ1v) is 11.0. The number of rotatable bonds is 5. The third-order valence-corrected chi connectivity index (χ3v) is 6.10. The van der Waals surface area contributed by atoms with E-state index in [0.29, 0.717) is 30.1 Å². The van der Waals surface area contributed by atoms with Gasteiger partial charge in [-0.2, -0.15) is 0 Å². The fraction of sp³-hybridized carbons (Fsp3) is 0.391. The maximum absolute atomic E-state index is 13.1. The lowest BCUT2D eigenvalue weighted by atomic mass is 9.90. The average Bonchev–Trinajstić information content (AvgIpc) is 2.68. The molecule has 2 bridgehead atoms. The highest BCUT2D eigenvalue weighted by Crippen LogP contribution is 2.46. The van der Waals surface area contributed by atoms with Gasteiger partial charge in [-0.3, -0.25) is 9.69 Å². The lowest BCUT2D eigenvalue weighted by Gasteiger charge is -2.50. The molecule has 3 amide bonds. The van der Waals surface area contributed by atoms with Crippen LogP contribution < -0.4 is 20.3 Å². The zero-order valence-electron chi connectivity index (χ0n) is 17.4. The van der Waals surface area contributed by atoms with Crippen LogP contribution in [0.2, 0.25) is 0 Å². The fourth-order valence-corrected chi connectivity index (χ4v) is 4.48. The van der Waals surface area contributed by atoms with Crippen molar-refractivity contribution in [1.29, 1.82) is 0 Å². The molecular weight excluding hydrogens is 446 g/mol. The van der Waals surface area contributed by atoms with Crippen LogP contribution in [0, 0.1) is 5.92 Å². The van der Waals surface area contributed by atoms with Gasteiger partial charge in [0.2, 0.25) is 0 Å². The number of hydrogen-bond acceptors (Lipinski definition) is 3. The van der Waals surface area contributed by atoms with Gasteiger partial charge in [0, 0.05) is 28.6 Å². The van der Waals surface area contributed by atoms with Crippen molar-refractivity contribution >= 4 is 33.6 Å². The number of fused-ring (bicyclic) bond motifs is 4. The minimum Gasteiger partial charge on any atom is -0.467 e. The van der Waals surface area contributed by atoms with Crippen molar-refractivity contribution < 1.29 is 14.3 Å². The number of halogens is 1. The molecule has 0 radical (unpaired) electrons. The second kappa shape index (κ2) is 7.95. The number of anilines is 1. The van der Waals surface area contributed by atoms with Gasteiger partial charge in [0.05, 0.1) is 11.7 Å². The van der Waals surface area contributed by atoms with Gasteiger partial charge in [0.1, 0.15) is 5.75 Å². The first kappa shape index (κ1) is 20.7. The molecule has 2 atom stereocenters. The first-order chi connectivity index (χ1) is 14.3. The zero-order valence-corrected chi connectivity index (χ0v) is 19.0. The third-order valence-electron chi connectivity index (χ3n) is 5.61. The maximum Gasteiger partial charge on any atom is 0.325 e. The molecular formula is C23H26BrN3O3. The second-order valence-electron chi connectivity index (χ2n) is 8.49. The summed E-state index contributed by atoms with van der Waals surface area (Å²) in [5, 5.41) is 6.04. The summed E-state index contributed by atoms with van der Waals surface area (Å²) in [5.41, 5.74) is 1.27. The molecule has 1 fully saturated rings. The topological polar surface area (TPSA) is 70.7 Å². The molecule has 2 aliphatic heterocycles. The summed E-state index contributed by atoms with van der Waals surface area (Å²) in [6.07, 6.45) is 1.52. The van der Waals surface area contributed by atoms with Crippen LogP contribution in [0.5, 0.6) is 5.75 Å². The quantitative estimate of drug-likeness (QED) is 0.644. The van der Waals surface area contributed by atoms with Crippen molar-refractivity contribution in [2.24, 2.45) is 5.92 Å². The number of carbonyl (C=O) groups is 2. The summed E-state index contributed by atoms with van der Waals surface area (Å²) < 4.78 is 7.26. The molecule has 2 aromatic rings. The van der Waals surface area contributed by atoms with E-state index in [-0.39, 0.29) is 18.0 Å². The molecule has 0 spiro atoms. The van der Waals surface area contributed by atoms with Gasteiger partial charge < -0.3 is 15.4 Å². The monoisotopic (exact) mass is 471 g/mol. The number of carbonyl (C=O) groups excluding carboxylic acids is 2. The molecule has 0 aromatic heterocycles. The molecule has 1 saturated heterocycles. The van der Waals surface area contributed by atoms with Crippen molar-refractivity contribution in [3.63, 3.8) is 0 Å². The molecule has 6 nitrogen and oxygen atoms in total. The summed E-state index contributed by atoms with van der Waals surface area (Å²) in [5.74, 6) is 1.13. The summed E-state index contributed by atoms with van der Waals surface area (Å²) in [4.78, 5) is 27.2. The van der Waals surface area contributed by atoms with Crippen LogP contribution in [0.1, 0.15) is 55.6 Å². The third kappa shape index (κ3) is 3.90. The molecule has 2 unspecified atom stereocenters. The lowest BCUT2D eigenvalue weighted by Crippen LogP contribution is -2.65. The Labute approximate surface area is 185 Å². The maximum atomic E-state index is 13.1. The van der Waals surface area contributed by atoms with Crippen molar-refractivity contribution in [3.8, 4) is 5.75 Å². The van der Waals surface area contributed by atoms with Crippen LogP contribution >= 0.6 is 15.9 Å². The summed E-state index contributed by atoms with van der Waals surface area (Å²) in [7, 11) is 0. The molecule has 2 N–H and O–H groups in total. The Balaban J connectivity index is 1.61. The van der Waals surface area contributed by atoms with E-state index in [0.717, 1.165) is 22.2 Å². The van der Waals surface area contributed by atoms with Crippen LogP contribution in [0.3, 0.4) is 0 Å². The highest BCUT2D eigenvalue weighted by molar-refractivity contribution is 9.10. The van der Waals surface area contributed by atoms with Gasteiger partial charge in [-0.25, -0.2) is 4.79 Å². The summed E-state index contributed by atoms with van der Waals surface area (Å²) >= 11 is 3.49. The predicted octanol–water partition coefficient (Wildman–Crippen LogP) is 4.99. The van der Waals surface area contributed by atoms with E-state index in [1.165, 1.54) is 0 Å². The molecule has 2 heterocycles. The standard InChI is InChI=1S/C23H26BrN3O3/c1-14(2)9-10-25-21(28)15-5-4-6-17(11-15)27-22(29)26-19-13-23(27,3)30-20-8-7-16(24)12-18(19)20/h4-8,11-12,14,19H,9-10,13H2,1-3H3,(H,25,28)(H,26,29). The predicted molar refractivity (Wildman–Crippen MR) is 120 cm³/mol. The van der Waals surface area contributed by atoms with Gasteiger partial charge >= 0.3 is 6.03 Å². The van der Waals surface area contributed by atoms with Gasteiger partial charge in [-0.05, 0) is 55.7 Å². The molecule has 158 valence electrons. The lowest BCUT2D eigenvalue weighted by molar-refractivity contribution is 0.0378. The molecule has 0 aliphatic carbocycles. The molecule has 30 heavy (non-hydrogen) atoms. The van der Waals surface area contributed by atoms with E-state index in [9.17, 15) is 9.59 Å². The Hall–Kier alpha value is -2.54. The first-order valence-electron chi connectivity index (χ1n) is 10.2. The van der Waals surface area contributed by atoms with Gasteiger partial charge in [0.25, 0.3) is 5.91 Å². The Kier molecular flexibility index (Phi) is 5.49. The highest BCUT2D eigenvalue weighted by atomic mass is 79.9.